The van der Waals surface area contributed by atoms with Crippen molar-refractivity contribution in [1.82, 2.24) is 0 Å². The zero-order valence-electron chi connectivity index (χ0n) is 7.42. The van der Waals surface area contributed by atoms with Gasteiger partial charge in [0.15, 0.2) is 0 Å². The molecule has 0 radical (unpaired) electrons. The van der Waals surface area contributed by atoms with Crippen LogP contribution in [-0.2, 0) is 0 Å². The summed E-state index contributed by atoms with van der Waals surface area (Å²) in [4.78, 5) is 10.6. The second-order valence-corrected chi connectivity index (χ2v) is 3.12. The lowest BCUT2D eigenvalue weighted by atomic mass is 10.1. The lowest BCUT2D eigenvalue weighted by Gasteiger charge is -1.96. The fourth-order valence-electron chi connectivity index (χ4n) is 1.00. The van der Waals surface area contributed by atoms with E-state index in [2.05, 4.69) is 0 Å². The number of furan rings is 1. The van der Waals surface area contributed by atoms with Gasteiger partial charge in [0.05, 0.1) is 0 Å². The zero-order valence-corrected chi connectivity index (χ0v) is 7.42. The van der Waals surface area contributed by atoms with Crippen molar-refractivity contribution >= 4 is 5.97 Å². The van der Waals surface area contributed by atoms with Gasteiger partial charge in [0, 0.05) is 11.5 Å². The molecule has 66 valence electrons. The molecule has 3 heteroatoms. The number of carboxylic acids is 1. The molecule has 3 nitrogen and oxygen atoms in total. The Morgan fingerprint density at radius 2 is 2.17 bits per heavy atom. The van der Waals surface area contributed by atoms with Crippen LogP contribution in [0.4, 0.5) is 0 Å². The topological polar surface area (TPSA) is 50.4 Å². The molecular formula is C9H12O3. The van der Waals surface area contributed by atoms with Crippen LogP contribution in [0.2, 0.25) is 0 Å². The molecule has 0 aliphatic carbocycles. The Morgan fingerprint density at radius 1 is 1.58 bits per heavy atom. The highest BCUT2D eigenvalue weighted by Crippen LogP contribution is 2.21. The minimum Gasteiger partial charge on any atom is -0.475 e. The molecule has 1 aromatic heterocycles. The van der Waals surface area contributed by atoms with Crippen LogP contribution in [0.5, 0.6) is 0 Å². The quantitative estimate of drug-likeness (QED) is 0.737. The van der Waals surface area contributed by atoms with Crippen LogP contribution >= 0.6 is 0 Å². The second-order valence-electron chi connectivity index (χ2n) is 3.12. The highest BCUT2D eigenvalue weighted by molar-refractivity contribution is 5.86. The minimum absolute atomic E-state index is 0.0544. The van der Waals surface area contributed by atoms with Gasteiger partial charge in [0.1, 0.15) is 5.76 Å². The van der Waals surface area contributed by atoms with Crippen molar-refractivity contribution in [3.8, 4) is 0 Å². The Labute approximate surface area is 71.0 Å². The maximum absolute atomic E-state index is 10.6. The number of aromatic carboxylic acids is 1. The van der Waals surface area contributed by atoms with Crippen LogP contribution in [0.1, 0.15) is 41.6 Å². The number of aryl methyl sites for hydroxylation is 1. The van der Waals surface area contributed by atoms with Crippen LogP contribution in [-0.4, -0.2) is 11.1 Å². The molecule has 1 heterocycles. The summed E-state index contributed by atoms with van der Waals surface area (Å²) in [5, 5.41) is 8.67. The number of carboxylic acid groups (broad SMARTS) is 1. The SMILES string of the molecule is Cc1cc(C(C)C)oc1C(=O)O. The molecular weight excluding hydrogens is 156 g/mol. The molecule has 0 amide bonds. The first-order chi connectivity index (χ1) is 5.52. The number of hydrogen-bond donors (Lipinski definition) is 1. The minimum atomic E-state index is -1.00. The van der Waals surface area contributed by atoms with Gasteiger partial charge in [-0.1, -0.05) is 13.8 Å². The number of carbonyl (C=O) groups is 1. The molecule has 0 aliphatic rings. The average Bonchev–Trinajstić information content (AvgIpc) is 2.30. The van der Waals surface area contributed by atoms with Gasteiger partial charge in [-0.25, -0.2) is 4.79 Å². The highest BCUT2D eigenvalue weighted by atomic mass is 16.4. The fraction of sp³-hybridized carbons (Fsp3) is 0.444. The lowest BCUT2D eigenvalue weighted by molar-refractivity contribution is 0.0659. The molecule has 0 aromatic carbocycles. The van der Waals surface area contributed by atoms with E-state index in [-0.39, 0.29) is 11.7 Å². The average molecular weight is 168 g/mol. The van der Waals surface area contributed by atoms with Gasteiger partial charge in [0.2, 0.25) is 5.76 Å². The third-order valence-electron chi connectivity index (χ3n) is 1.70. The largest absolute Gasteiger partial charge is 0.475 e. The smallest absolute Gasteiger partial charge is 0.372 e. The molecule has 0 saturated carbocycles. The first kappa shape index (κ1) is 8.84. The van der Waals surface area contributed by atoms with Gasteiger partial charge in [-0.2, -0.15) is 0 Å². The van der Waals surface area contributed by atoms with E-state index in [1.807, 2.05) is 13.8 Å². The molecule has 0 atom stereocenters. The summed E-state index contributed by atoms with van der Waals surface area (Å²) in [5.41, 5.74) is 0.686. The van der Waals surface area contributed by atoms with Gasteiger partial charge in [-0.3, -0.25) is 0 Å². The van der Waals surface area contributed by atoms with Crippen molar-refractivity contribution in [2.45, 2.75) is 26.7 Å². The standard InChI is InChI=1S/C9H12O3/c1-5(2)7-4-6(3)8(12-7)9(10)11/h4-5H,1-3H3,(H,10,11). The summed E-state index contributed by atoms with van der Waals surface area (Å²) in [7, 11) is 0. The summed E-state index contributed by atoms with van der Waals surface area (Å²) in [6, 6.07) is 1.77. The van der Waals surface area contributed by atoms with E-state index in [9.17, 15) is 4.79 Å². The van der Waals surface area contributed by atoms with Gasteiger partial charge in [-0.15, -0.1) is 0 Å². The van der Waals surface area contributed by atoms with Crippen LogP contribution in [0.15, 0.2) is 10.5 Å². The Morgan fingerprint density at radius 3 is 2.42 bits per heavy atom. The predicted octanol–water partition coefficient (Wildman–Crippen LogP) is 2.41. The molecule has 0 bridgehead atoms. The summed E-state index contributed by atoms with van der Waals surface area (Å²) < 4.78 is 5.14. The summed E-state index contributed by atoms with van der Waals surface area (Å²) in [6.45, 7) is 5.66. The van der Waals surface area contributed by atoms with Gasteiger partial charge in [0.25, 0.3) is 0 Å². The molecule has 12 heavy (non-hydrogen) atoms. The van der Waals surface area contributed by atoms with Crippen molar-refractivity contribution in [2.75, 3.05) is 0 Å². The van der Waals surface area contributed by atoms with E-state index in [0.717, 1.165) is 5.76 Å². The highest BCUT2D eigenvalue weighted by Gasteiger charge is 2.15. The number of rotatable bonds is 2. The monoisotopic (exact) mass is 168 g/mol. The first-order valence-corrected chi connectivity index (χ1v) is 3.86. The van der Waals surface area contributed by atoms with E-state index >= 15 is 0 Å². The van der Waals surface area contributed by atoms with Crippen LogP contribution < -0.4 is 0 Å². The molecule has 0 fully saturated rings. The molecule has 0 saturated heterocycles. The molecule has 0 aliphatic heterocycles. The van der Waals surface area contributed by atoms with Crippen molar-refractivity contribution in [1.29, 1.82) is 0 Å². The Hall–Kier alpha value is -1.25. The van der Waals surface area contributed by atoms with Crippen molar-refractivity contribution in [3.63, 3.8) is 0 Å². The number of hydrogen-bond acceptors (Lipinski definition) is 2. The Bertz CT molecular complexity index is 297. The predicted molar refractivity (Wildman–Crippen MR) is 44.5 cm³/mol. The first-order valence-electron chi connectivity index (χ1n) is 3.86. The van der Waals surface area contributed by atoms with Crippen LogP contribution in [0.25, 0.3) is 0 Å². The molecule has 0 spiro atoms. The van der Waals surface area contributed by atoms with E-state index in [1.165, 1.54) is 0 Å². The second kappa shape index (κ2) is 3.01. The third-order valence-corrected chi connectivity index (χ3v) is 1.70. The molecule has 1 aromatic rings. The maximum atomic E-state index is 10.6. The summed E-state index contributed by atoms with van der Waals surface area (Å²) in [5.74, 6) is 0.0137. The normalized spacial score (nSPS) is 10.7. The summed E-state index contributed by atoms with van der Waals surface area (Å²) in [6.07, 6.45) is 0. The molecule has 0 unspecified atom stereocenters. The van der Waals surface area contributed by atoms with Gasteiger partial charge >= 0.3 is 5.97 Å². The van der Waals surface area contributed by atoms with Crippen molar-refractivity contribution in [3.05, 3.63) is 23.2 Å². The van der Waals surface area contributed by atoms with Crippen LogP contribution in [0, 0.1) is 6.92 Å². The van der Waals surface area contributed by atoms with E-state index in [0.29, 0.717) is 5.56 Å². The van der Waals surface area contributed by atoms with Gasteiger partial charge in [-0.05, 0) is 13.0 Å². The fourth-order valence-corrected chi connectivity index (χ4v) is 1.00. The maximum Gasteiger partial charge on any atom is 0.372 e. The molecule has 1 N–H and O–H groups in total. The van der Waals surface area contributed by atoms with Crippen LogP contribution in [0.3, 0.4) is 0 Å². The molecule has 1 rings (SSSR count). The van der Waals surface area contributed by atoms with E-state index in [1.54, 1.807) is 13.0 Å². The van der Waals surface area contributed by atoms with Crippen molar-refractivity contribution < 1.29 is 14.3 Å². The lowest BCUT2D eigenvalue weighted by Crippen LogP contribution is -1.95. The zero-order chi connectivity index (χ0) is 9.30. The summed E-state index contributed by atoms with van der Waals surface area (Å²) >= 11 is 0. The Kier molecular flexibility index (Phi) is 2.22. The van der Waals surface area contributed by atoms with Gasteiger partial charge < -0.3 is 9.52 Å². The van der Waals surface area contributed by atoms with E-state index < -0.39 is 5.97 Å². The third kappa shape index (κ3) is 1.49. The Balaban J connectivity index is 3.09. The van der Waals surface area contributed by atoms with E-state index in [4.69, 9.17) is 9.52 Å². The van der Waals surface area contributed by atoms with Crippen molar-refractivity contribution in [2.24, 2.45) is 0 Å².